The van der Waals surface area contributed by atoms with Crippen LogP contribution in [0.25, 0.3) is 22.7 Å². The number of allylic oxidation sites excluding steroid dienone is 1. The normalized spacial score (nSPS) is 11.3. The Bertz CT molecular complexity index is 937. The molecule has 0 amide bonds. The van der Waals surface area contributed by atoms with E-state index < -0.39 is 0 Å². The Morgan fingerprint density at radius 1 is 1.21 bits per heavy atom. The molecule has 0 saturated heterocycles. The quantitative estimate of drug-likeness (QED) is 0.719. The second kappa shape index (κ2) is 6.65. The third-order valence-electron chi connectivity index (χ3n) is 3.58. The second-order valence-corrected chi connectivity index (χ2v) is 5.35. The lowest BCUT2D eigenvalue weighted by atomic mass is 10.1. The number of nitrogens with zero attached hydrogens (tertiary/aromatic N) is 2. The minimum absolute atomic E-state index is 0.375. The van der Waals surface area contributed by atoms with Gasteiger partial charge in [-0.3, -0.25) is 0 Å². The van der Waals surface area contributed by atoms with Gasteiger partial charge in [0.05, 0.1) is 35.8 Å². The first kappa shape index (κ1) is 15.9. The number of benzene rings is 2. The molecule has 0 unspecified atom stereocenters. The van der Waals surface area contributed by atoms with Crippen LogP contribution in [0.15, 0.2) is 36.4 Å². The zero-order valence-corrected chi connectivity index (χ0v) is 13.9. The Hall–Kier alpha value is -2.97. The summed E-state index contributed by atoms with van der Waals surface area (Å²) in [6.07, 6.45) is 1.67. The van der Waals surface area contributed by atoms with Crippen molar-refractivity contribution in [1.29, 1.82) is 5.26 Å². The summed E-state index contributed by atoms with van der Waals surface area (Å²) < 4.78 is 10.5. The average Bonchev–Trinajstić information content (AvgIpc) is 3.04. The summed E-state index contributed by atoms with van der Waals surface area (Å²) in [5.74, 6) is 1.45. The minimum Gasteiger partial charge on any atom is -0.493 e. The average molecular weight is 340 g/mol. The van der Waals surface area contributed by atoms with Crippen LogP contribution >= 0.6 is 11.6 Å². The van der Waals surface area contributed by atoms with E-state index in [0.29, 0.717) is 33.5 Å². The fourth-order valence-corrected chi connectivity index (χ4v) is 2.69. The highest BCUT2D eigenvalue weighted by Crippen LogP contribution is 2.38. The molecule has 1 N–H and O–H groups in total. The first-order valence-corrected chi connectivity index (χ1v) is 7.53. The Morgan fingerprint density at radius 2 is 2.00 bits per heavy atom. The van der Waals surface area contributed by atoms with Crippen molar-refractivity contribution < 1.29 is 9.47 Å². The monoisotopic (exact) mass is 339 g/mol. The number of nitriles is 1. The van der Waals surface area contributed by atoms with Crippen molar-refractivity contribution in [2.24, 2.45) is 0 Å². The predicted octanol–water partition coefficient (Wildman–Crippen LogP) is 4.30. The van der Waals surface area contributed by atoms with Gasteiger partial charge in [0.15, 0.2) is 11.5 Å². The molecular formula is C18H14ClN3O2. The van der Waals surface area contributed by atoms with Gasteiger partial charge in [0.25, 0.3) is 0 Å². The lowest BCUT2D eigenvalue weighted by Gasteiger charge is -2.11. The zero-order chi connectivity index (χ0) is 17.1. The summed E-state index contributed by atoms with van der Waals surface area (Å²) >= 11 is 6.37. The van der Waals surface area contributed by atoms with E-state index in [4.69, 9.17) is 21.1 Å². The summed E-state index contributed by atoms with van der Waals surface area (Å²) in [5, 5.41) is 9.88. The van der Waals surface area contributed by atoms with Crippen molar-refractivity contribution in [1.82, 2.24) is 9.97 Å². The van der Waals surface area contributed by atoms with Gasteiger partial charge < -0.3 is 14.5 Å². The molecule has 0 aliphatic rings. The van der Waals surface area contributed by atoms with Gasteiger partial charge in [0.1, 0.15) is 11.9 Å². The highest BCUT2D eigenvalue weighted by Gasteiger charge is 2.14. The van der Waals surface area contributed by atoms with Gasteiger partial charge in [-0.05, 0) is 35.9 Å². The Labute approximate surface area is 144 Å². The molecule has 1 heterocycles. The summed E-state index contributed by atoms with van der Waals surface area (Å²) in [7, 11) is 3.06. The van der Waals surface area contributed by atoms with Gasteiger partial charge in [0.2, 0.25) is 0 Å². The first-order chi connectivity index (χ1) is 11.7. The smallest absolute Gasteiger partial charge is 0.179 e. The molecule has 0 atom stereocenters. The molecule has 0 spiro atoms. The molecule has 120 valence electrons. The van der Waals surface area contributed by atoms with E-state index >= 15 is 0 Å². The van der Waals surface area contributed by atoms with Gasteiger partial charge in [-0.25, -0.2) is 4.98 Å². The highest BCUT2D eigenvalue weighted by molar-refractivity contribution is 6.34. The SMILES string of the molecule is COc1ccc(/C=C(/C#N)c2nc3ccccc3[nH]2)c(Cl)c1OC. The molecule has 0 aliphatic heterocycles. The minimum atomic E-state index is 0.375. The maximum atomic E-state index is 9.51. The molecule has 0 radical (unpaired) electrons. The molecule has 1 aromatic heterocycles. The summed E-state index contributed by atoms with van der Waals surface area (Å²) in [5.41, 5.74) is 2.69. The number of H-pyrrole nitrogens is 1. The van der Waals surface area contributed by atoms with Crippen LogP contribution in [0, 0.1) is 11.3 Å². The summed E-state index contributed by atoms with van der Waals surface area (Å²) in [6, 6.07) is 13.3. The third kappa shape index (κ3) is 2.80. The molecule has 2 aromatic carbocycles. The number of imidazole rings is 1. The number of nitrogens with one attached hydrogen (secondary N) is 1. The van der Waals surface area contributed by atoms with Crippen molar-refractivity contribution >= 4 is 34.3 Å². The largest absolute Gasteiger partial charge is 0.493 e. The molecule has 0 fully saturated rings. The van der Waals surface area contributed by atoms with E-state index in [1.807, 2.05) is 24.3 Å². The van der Waals surface area contributed by atoms with E-state index in [2.05, 4.69) is 16.0 Å². The fraction of sp³-hybridized carbons (Fsp3) is 0.111. The number of methoxy groups -OCH3 is 2. The van der Waals surface area contributed by atoms with E-state index in [-0.39, 0.29) is 0 Å². The molecular weight excluding hydrogens is 326 g/mol. The van der Waals surface area contributed by atoms with Crippen molar-refractivity contribution in [3.05, 3.63) is 52.8 Å². The van der Waals surface area contributed by atoms with Gasteiger partial charge in [-0.1, -0.05) is 23.7 Å². The van der Waals surface area contributed by atoms with Crippen LogP contribution in [-0.2, 0) is 0 Å². The van der Waals surface area contributed by atoms with E-state index in [0.717, 1.165) is 11.0 Å². The zero-order valence-electron chi connectivity index (χ0n) is 13.1. The van der Waals surface area contributed by atoms with Crippen LogP contribution in [0.2, 0.25) is 5.02 Å². The molecule has 0 aliphatic carbocycles. The molecule has 5 nitrogen and oxygen atoms in total. The first-order valence-electron chi connectivity index (χ1n) is 7.15. The molecule has 3 rings (SSSR count). The molecule has 0 saturated carbocycles. The Balaban J connectivity index is 2.10. The number of halogens is 1. The number of ether oxygens (including phenoxy) is 2. The lowest BCUT2D eigenvalue weighted by Crippen LogP contribution is -1.93. The molecule has 3 aromatic rings. The predicted molar refractivity (Wildman–Crippen MR) is 94.1 cm³/mol. The van der Waals surface area contributed by atoms with E-state index in [9.17, 15) is 5.26 Å². The lowest BCUT2D eigenvalue weighted by molar-refractivity contribution is 0.355. The van der Waals surface area contributed by atoms with Gasteiger partial charge >= 0.3 is 0 Å². The maximum absolute atomic E-state index is 9.51. The van der Waals surface area contributed by atoms with Crippen LogP contribution in [-0.4, -0.2) is 24.2 Å². The van der Waals surface area contributed by atoms with Gasteiger partial charge in [0, 0.05) is 0 Å². The van der Waals surface area contributed by atoms with Gasteiger partial charge in [-0.2, -0.15) is 5.26 Å². The van der Waals surface area contributed by atoms with Crippen molar-refractivity contribution in [2.45, 2.75) is 0 Å². The molecule has 6 heteroatoms. The second-order valence-electron chi connectivity index (χ2n) is 4.98. The summed E-state index contributed by atoms with van der Waals surface area (Å²) in [4.78, 5) is 7.58. The number of aromatic amines is 1. The maximum Gasteiger partial charge on any atom is 0.179 e. The van der Waals surface area contributed by atoms with E-state index in [1.54, 1.807) is 25.3 Å². The Kier molecular flexibility index (Phi) is 4.41. The van der Waals surface area contributed by atoms with Crippen LogP contribution < -0.4 is 9.47 Å². The fourth-order valence-electron chi connectivity index (χ4n) is 2.41. The van der Waals surface area contributed by atoms with E-state index in [1.165, 1.54) is 7.11 Å². The van der Waals surface area contributed by atoms with Crippen LogP contribution in [0.1, 0.15) is 11.4 Å². The van der Waals surface area contributed by atoms with Crippen LogP contribution in [0.4, 0.5) is 0 Å². The van der Waals surface area contributed by atoms with Crippen LogP contribution in [0.3, 0.4) is 0 Å². The van der Waals surface area contributed by atoms with Crippen molar-refractivity contribution in [3.63, 3.8) is 0 Å². The third-order valence-corrected chi connectivity index (χ3v) is 3.97. The van der Waals surface area contributed by atoms with Gasteiger partial charge in [-0.15, -0.1) is 0 Å². The van der Waals surface area contributed by atoms with Crippen LogP contribution in [0.5, 0.6) is 11.5 Å². The highest BCUT2D eigenvalue weighted by atomic mass is 35.5. The Morgan fingerprint density at radius 3 is 2.67 bits per heavy atom. The number of rotatable bonds is 4. The standard InChI is InChI=1S/C18H14ClN3O2/c1-23-15-8-7-11(16(19)17(15)24-2)9-12(10-20)18-21-13-5-3-4-6-14(13)22-18/h3-9H,1-2H3,(H,21,22)/b12-9-. The topological polar surface area (TPSA) is 70.9 Å². The summed E-state index contributed by atoms with van der Waals surface area (Å²) in [6.45, 7) is 0. The number of hydrogen-bond acceptors (Lipinski definition) is 4. The van der Waals surface area contributed by atoms with Crippen molar-refractivity contribution in [3.8, 4) is 17.6 Å². The number of para-hydroxylation sites is 2. The number of aromatic nitrogens is 2. The number of hydrogen-bond donors (Lipinski definition) is 1. The number of fused-ring (bicyclic) bond motifs is 1. The molecule has 0 bridgehead atoms. The van der Waals surface area contributed by atoms with Crippen molar-refractivity contribution in [2.75, 3.05) is 14.2 Å². The molecule has 24 heavy (non-hydrogen) atoms.